The van der Waals surface area contributed by atoms with Crippen LogP contribution in [0.2, 0.25) is 0 Å². The van der Waals surface area contributed by atoms with Crippen molar-refractivity contribution in [1.29, 1.82) is 0 Å². The number of likely N-dealkylation sites (tertiary alicyclic amines) is 1. The quantitative estimate of drug-likeness (QED) is 0.170. The van der Waals surface area contributed by atoms with Crippen LogP contribution in [-0.4, -0.2) is 58.9 Å². The standard InChI is InChI=1S/C34H31BrN8O4/c1-19-9-12-27(35)38-31(19)39-32(46)25-16-34(3)17-26(34)43(25)29(45)18-42-24-11-10-21(15-22(24)30(40-42)20(2)44)37-23-7-6-14-41(33(23)47)28-8-4-5-13-36-28/h4-15,25-26,37H,16-18H2,1-3H3,(H,38,39,46)/t25-,26+,34-/m0/s1. The monoisotopic (exact) mass is 694 g/mol. The molecule has 1 aromatic carbocycles. The van der Waals surface area contributed by atoms with E-state index in [1.807, 2.05) is 13.0 Å². The van der Waals surface area contributed by atoms with Gasteiger partial charge in [0.2, 0.25) is 11.8 Å². The molecule has 1 aliphatic carbocycles. The number of rotatable bonds is 8. The summed E-state index contributed by atoms with van der Waals surface area (Å²) >= 11 is 3.35. The molecule has 5 heterocycles. The maximum Gasteiger partial charge on any atom is 0.279 e. The zero-order valence-electron chi connectivity index (χ0n) is 25.9. The molecular formula is C34H31BrN8O4. The number of hydrogen-bond acceptors (Lipinski definition) is 8. The van der Waals surface area contributed by atoms with E-state index in [0.29, 0.717) is 44.9 Å². The van der Waals surface area contributed by atoms with Crippen molar-refractivity contribution in [2.24, 2.45) is 5.41 Å². The van der Waals surface area contributed by atoms with Crippen molar-refractivity contribution in [3.8, 4) is 5.82 Å². The first-order chi connectivity index (χ1) is 22.5. The Labute approximate surface area is 278 Å². The molecule has 1 saturated carbocycles. The number of carbonyl (C=O) groups excluding carboxylic acids is 3. The van der Waals surface area contributed by atoms with Gasteiger partial charge in [0, 0.05) is 36.4 Å². The molecule has 2 fully saturated rings. The van der Waals surface area contributed by atoms with Gasteiger partial charge in [-0.2, -0.15) is 5.10 Å². The lowest BCUT2D eigenvalue weighted by Gasteiger charge is -2.27. The Bertz CT molecular complexity index is 2150. The number of aromatic nitrogens is 5. The SMILES string of the molecule is CC(=O)c1nn(CC(=O)N2[C@H](C(=O)Nc3nc(Br)ccc3C)C[C@@]3(C)C[C@@H]23)c2ccc(Nc3cccn(-c4ccccn4)c3=O)cc12. The van der Waals surface area contributed by atoms with E-state index in [4.69, 9.17) is 0 Å². The van der Waals surface area contributed by atoms with Crippen LogP contribution < -0.4 is 16.2 Å². The van der Waals surface area contributed by atoms with Crippen LogP contribution in [0.5, 0.6) is 0 Å². The highest BCUT2D eigenvalue weighted by Crippen LogP contribution is 2.59. The third kappa shape index (κ3) is 5.60. The minimum absolute atomic E-state index is 0.0479. The minimum Gasteiger partial charge on any atom is -0.351 e. The minimum atomic E-state index is -0.655. The number of halogens is 1. The molecule has 1 saturated heterocycles. The number of amides is 2. The van der Waals surface area contributed by atoms with E-state index in [1.54, 1.807) is 71.9 Å². The van der Waals surface area contributed by atoms with E-state index in [-0.39, 0.29) is 46.9 Å². The molecule has 13 heteroatoms. The fourth-order valence-electron chi connectivity index (χ4n) is 6.46. The lowest BCUT2D eigenvalue weighted by atomic mass is 10.0. The molecule has 2 amide bonds. The molecule has 2 N–H and O–H groups in total. The number of ketones is 1. The lowest BCUT2D eigenvalue weighted by Crippen LogP contribution is -2.47. The Hall–Kier alpha value is -5.17. The summed E-state index contributed by atoms with van der Waals surface area (Å²) in [5, 5.41) is 11.2. The summed E-state index contributed by atoms with van der Waals surface area (Å²) in [6.07, 6.45) is 4.64. The zero-order valence-corrected chi connectivity index (χ0v) is 27.5. The van der Waals surface area contributed by atoms with E-state index >= 15 is 0 Å². The first-order valence-electron chi connectivity index (χ1n) is 15.2. The van der Waals surface area contributed by atoms with Crippen LogP contribution in [0.25, 0.3) is 16.7 Å². The Kier molecular flexibility index (Phi) is 7.50. The van der Waals surface area contributed by atoms with Gasteiger partial charge in [-0.1, -0.05) is 19.1 Å². The summed E-state index contributed by atoms with van der Waals surface area (Å²) in [6, 6.07) is 17.0. The molecule has 0 spiro atoms. The van der Waals surface area contributed by atoms with E-state index in [0.717, 1.165) is 12.0 Å². The largest absolute Gasteiger partial charge is 0.351 e. The van der Waals surface area contributed by atoms with E-state index < -0.39 is 6.04 Å². The molecule has 5 aromatic rings. The van der Waals surface area contributed by atoms with Crippen LogP contribution in [-0.2, 0) is 16.1 Å². The van der Waals surface area contributed by atoms with Crippen LogP contribution >= 0.6 is 15.9 Å². The van der Waals surface area contributed by atoms with Gasteiger partial charge < -0.3 is 15.5 Å². The second-order valence-electron chi connectivity index (χ2n) is 12.4. The van der Waals surface area contributed by atoms with Crippen LogP contribution in [0.15, 0.2) is 82.5 Å². The van der Waals surface area contributed by atoms with Crippen molar-refractivity contribution >= 4 is 61.6 Å². The summed E-state index contributed by atoms with van der Waals surface area (Å²) in [4.78, 5) is 63.7. The van der Waals surface area contributed by atoms with Crippen molar-refractivity contribution in [3.05, 3.63) is 99.3 Å². The van der Waals surface area contributed by atoms with Crippen LogP contribution in [0.4, 0.5) is 17.2 Å². The highest BCUT2D eigenvalue weighted by Gasteiger charge is 2.64. The van der Waals surface area contributed by atoms with Gasteiger partial charge in [0.1, 0.15) is 40.2 Å². The molecule has 2 aliphatic rings. The summed E-state index contributed by atoms with van der Waals surface area (Å²) in [5.41, 5.74) is 2.09. The van der Waals surface area contributed by atoms with Crippen molar-refractivity contribution in [2.45, 2.75) is 52.2 Å². The number of Topliss-reactive ketones (excluding diaryl/α,β-unsaturated/α-hetero) is 1. The maximum absolute atomic E-state index is 13.9. The van der Waals surface area contributed by atoms with Gasteiger partial charge in [0.25, 0.3) is 5.56 Å². The zero-order chi connectivity index (χ0) is 33.0. The normalized spacial score (nSPS) is 19.8. The number of anilines is 3. The van der Waals surface area contributed by atoms with Gasteiger partial charge >= 0.3 is 0 Å². The average Bonchev–Trinajstić information content (AvgIpc) is 3.41. The molecule has 0 unspecified atom stereocenters. The molecule has 7 rings (SSSR count). The van der Waals surface area contributed by atoms with Crippen molar-refractivity contribution in [2.75, 3.05) is 10.6 Å². The van der Waals surface area contributed by atoms with Crippen LogP contribution in [0.3, 0.4) is 0 Å². The van der Waals surface area contributed by atoms with Crippen LogP contribution in [0.1, 0.15) is 42.7 Å². The lowest BCUT2D eigenvalue weighted by molar-refractivity contribution is -0.138. The smallest absolute Gasteiger partial charge is 0.279 e. The first-order valence-corrected chi connectivity index (χ1v) is 16.0. The van der Waals surface area contributed by atoms with E-state index in [2.05, 4.69) is 48.6 Å². The predicted molar refractivity (Wildman–Crippen MR) is 180 cm³/mol. The first kappa shape index (κ1) is 30.5. The molecule has 238 valence electrons. The predicted octanol–water partition coefficient (Wildman–Crippen LogP) is 5.01. The van der Waals surface area contributed by atoms with E-state index in [1.165, 1.54) is 16.2 Å². The van der Waals surface area contributed by atoms with E-state index in [9.17, 15) is 19.2 Å². The molecule has 1 aliphatic heterocycles. The Morgan fingerprint density at radius 1 is 1.06 bits per heavy atom. The molecular weight excluding hydrogens is 664 g/mol. The number of benzene rings is 1. The molecule has 0 radical (unpaired) electrons. The van der Waals surface area contributed by atoms with Gasteiger partial charge in [-0.05, 0) is 95.2 Å². The summed E-state index contributed by atoms with van der Waals surface area (Å²) < 4.78 is 3.56. The third-order valence-electron chi connectivity index (χ3n) is 9.02. The molecule has 4 aromatic heterocycles. The van der Waals surface area contributed by atoms with Gasteiger partial charge in [-0.25, -0.2) is 9.97 Å². The van der Waals surface area contributed by atoms with Gasteiger partial charge in [-0.15, -0.1) is 0 Å². The Morgan fingerprint density at radius 2 is 1.89 bits per heavy atom. The van der Waals surface area contributed by atoms with Crippen LogP contribution in [0, 0.1) is 12.3 Å². The number of carbonyl (C=O) groups is 3. The molecule has 12 nitrogen and oxygen atoms in total. The second kappa shape index (κ2) is 11.6. The number of nitrogens with zero attached hydrogens (tertiary/aromatic N) is 6. The highest BCUT2D eigenvalue weighted by atomic mass is 79.9. The third-order valence-corrected chi connectivity index (χ3v) is 9.46. The number of pyridine rings is 3. The number of piperidine rings is 1. The Balaban J connectivity index is 1.15. The van der Waals surface area contributed by atoms with Crippen molar-refractivity contribution < 1.29 is 14.4 Å². The fraction of sp³-hybridized carbons (Fsp3) is 0.265. The van der Waals surface area contributed by atoms with Gasteiger partial charge in [-0.3, -0.25) is 28.4 Å². The van der Waals surface area contributed by atoms with Crippen molar-refractivity contribution in [1.82, 2.24) is 29.2 Å². The van der Waals surface area contributed by atoms with Gasteiger partial charge in [0.05, 0.1) is 5.52 Å². The van der Waals surface area contributed by atoms with Crippen molar-refractivity contribution in [3.63, 3.8) is 0 Å². The molecule has 47 heavy (non-hydrogen) atoms. The second-order valence-corrected chi connectivity index (χ2v) is 13.2. The van der Waals surface area contributed by atoms with Gasteiger partial charge in [0.15, 0.2) is 5.78 Å². The summed E-state index contributed by atoms with van der Waals surface area (Å²) in [5.74, 6) is 0.138. The Morgan fingerprint density at radius 3 is 2.66 bits per heavy atom. The molecule has 0 bridgehead atoms. The number of hydrogen-bond donors (Lipinski definition) is 2. The summed E-state index contributed by atoms with van der Waals surface area (Å²) in [7, 11) is 0. The number of nitrogens with one attached hydrogen (secondary N) is 2. The average molecular weight is 696 g/mol. The summed E-state index contributed by atoms with van der Waals surface area (Å²) in [6.45, 7) is 5.23. The molecule has 3 atom stereocenters. The number of aryl methyl sites for hydroxylation is 1. The number of fused-ring (bicyclic) bond motifs is 2. The maximum atomic E-state index is 13.9. The topological polar surface area (TPSA) is 144 Å². The highest BCUT2D eigenvalue weighted by molar-refractivity contribution is 9.10. The fourth-order valence-corrected chi connectivity index (χ4v) is 6.77.